The number of fused-ring (bicyclic) bond motifs is 1. The Labute approximate surface area is 183 Å². The number of nitrogens with zero attached hydrogens (tertiary/aromatic N) is 1. The number of aromatic nitrogens is 2. The first-order chi connectivity index (χ1) is 15.5. The van der Waals surface area contributed by atoms with Gasteiger partial charge in [-0.05, 0) is 54.4 Å². The van der Waals surface area contributed by atoms with Gasteiger partial charge in [0.2, 0.25) is 6.41 Å². The first-order valence-electron chi connectivity index (χ1n) is 10.2. The summed E-state index contributed by atoms with van der Waals surface area (Å²) < 4.78 is 29.9. The van der Waals surface area contributed by atoms with Gasteiger partial charge in [-0.1, -0.05) is 25.1 Å². The molecular formula is C25H21F2N3O2. The SMILES string of the molecule is CC/C=C/c1ccc2c(c1)c(-c1ccc[nH]c1=O)c(NC=O)n2Cc1cc(F)ccc1F. The van der Waals surface area contributed by atoms with E-state index in [1.54, 1.807) is 16.7 Å². The van der Waals surface area contributed by atoms with Crippen molar-refractivity contribution in [2.75, 3.05) is 5.32 Å². The summed E-state index contributed by atoms with van der Waals surface area (Å²) >= 11 is 0. The standard InChI is InChI=1S/C25H21F2N3O2/c1-2-3-5-16-7-10-22-20(12-16)23(19-6-4-11-28-25(19)32)24(29-15-31)30(22)14-17-13-18(26)8-9-21(17)27/h3-13,15H,2,14H2,1H3,(H,28,32)(H,29,31)/b5-3+. The van der Waals surface area contributed by atoms with Gasteiger partial charge in [0, 0.05) is 22.7 Å². The second kappa shape index (κ2) is 9.01. The third kappa shape index (κ3) is 3.97. The van der Waals surface area contributed by atoms with Crippen molar-refractivity contribution in [1.82, 2.24) is 9.55 Å². The summed E-state index contributed by atoms with van der Waals surface area (Å²) in [6.07, 6.45) is 6.87. The van der Waals surface area contributed by atoms with E-state index in [0.717, 1.165) is 30.2 Å². The molecule has 2 aromatic carbocycles. The van der Waals surface area contributed by atoms with E-state index in [-0.39, 0.29) is 17.7 Å². The van der Waals surface area contributed by atoms with Gasteiger partial charge < -0.3 is 14.9 Å². The Morgan fingerprint density at radius 1 is 1.12 bits per heavy atom. The van der Waals surface area contributed by atoms with E-state index in [1.807, 2.05) is 37.3 Å². The molecule has 0 unspecified atom stereocenters. The number of nitrogens with one attached hydrogen (secondary N) is 2. The number of aromatic amines is 1. The van der Waals surface area contributed by atoms with Crippen molar-refractivity contribution >= 4 is 29.2 Å². The topological polar surface area (TPSA) is 66.9 Å². The molecule has 2 aromatic heterocycles. The van der Waals surface area contributed by atoms with Crippen molar-refractivity contribution in [3.8, 4) is 11.1 Å². The molecule has 0 saturated carbocycles. The van der Waals surface area contributed by atoms with Gasteiger partial charge >= 0.3 is 0 Å². The maximum atomic E-state index is 14.4. The molecule has 0 aliphatic rings. The molecule has 162 valence electrons. The van der Waals surface area contributed by atoms with Crippen LogP contribution in [-0.2, 0) is 11.3 Å². The predicted octanol–water partition coefficient (Wildman–Crippen LogP) is 5.31. The number of benzene rings is 2. The molecule has 0 fully saturated rings. The minimum atomic E-state index is -0.563. The van der Waals surface area contributed by atoms with Crippen LogP contribution in [0.4, 0.5) is 14.6 Å². The van der Waals surface area contributed by atoms with Gasteiger partial charge in [-0.15, -0.1) is 0 Å². The Kier molecular flexibility index (Phi) is 5.98. The van der Waals surface area contributed by atoms with Gasteiger partial charge in [0.25, 0.3) is 5.56 Å². The Balaban J connectivity index is 2.04. The lowest BCUT2D eigenvalue weighted by Gasteiger charge is -2.12. The second-order valence-electron chi connectivity index (χ2n) is 7.31. The number of allylic oxidation sites excluding steroid dienone is 1. The summed E-state index contributed by atoms with van der Waals surface area (Å²) in [4.78, 5) is 26.8. The lowest BCUT2D eigenvalue weighted by atomic mass is 10.0. The molecule has 2 heterocycles. The van der Waals surface area contributed by atoms with Gasteiger partial charge in [0.1, 0.15) is 17.5 Å². The minimum Gasteiger partial charge on any atom is -0.329 e. The molecule has 4 rings (SSSR count). The number of anilines is 1. The van der Waals surface area contributed by atoms with Crippen LogP contribution in [0, 0.1) is 11.6 Å². The third-order valence-electron chi connectivity index (χ3n) is 5.25. The third-order valence-corrected chi connectivity index (χ3v) is 5.25. The number of H-pyrrole nitrogens is 1. The van der Waals surface area contributed by atoms with Crippen LogP contribution in [0.1, 0.15) is 24.5 Å². The molecule has 0 saturated heterocycles. The number of amides is 1. The highest BCUT2D eigenvalue weighted by Crippen LogP contribution is 2.38. The van der Waals surface area contributed by atoms with Crippen molar-refractivity contribution < 1.29 is 13.6 Å². The molecule has 32 heavy (non-hydrogen) atoms. The van der Waals surface area contributed by atoms with Gasteiger partial charge in [-0.2, -0.15) is 0 Å². The zero-order valence-electron chi connectivity index (χ0n) is 17.4. The van der Waals surface area contributed by atoms with E-state index >= 15 is 0 Å². The summed E-state index contributed by atoms with van der Waals surface area (Å²) in [5.41, 5.74) is 2.25. The largest absolute Gasteiger partial charge is 0.329 e. The van der Waals surface area contributed by atoms with Crippen LogP contribution in [0.15, 0.2) is 65.6 Å². The van der Waals surface area contributed by atoms with E-state index in [4.69, 9.17) is 0 Å². The molecular weight excluding hydrogens is 412 g/mol. The maximum Gasteiger partial charge on any atom is 0.255 e. The molecule has 5 nitrogen and oxygen atoms in total. The molecule has 0 bridgehead atoms. The van der Waals surface area contributed by atoms with E-state index in [1.165, 1.54) is 6.20 Å². The molecule has 1 amide bonds. The van der Waals surface area contributed by atoms with E-state index < -0.39 is 11.6 Å². The van der Waals surface area contributed by atoms with Crippen LogP contribution in [0.2, 0.25) is 0 Å². The molecule has 0 aliphatic carbocycles. The van der Waals surface area contributed by atoms with Crippen LogP contribution in [-0.4, -0.2) is 16.0 Å². The Bertz CT molecular complexity index is 1390. The smallest absolute Gasteiger partial charge is 0.255 e. The first-order valence-corrected chi connectivity index (χ1v) is 10.2. The van der Waals surface area contributed by atoms with Crippen LogP contribution < -0.4 is 10.9 Å². The number of carbonyl (C=O) groups is 1. The molecule has 4 aromatic rings. The quantitative estimate of drug-likeness (QED) is 0.388. The Hall–Kier alpha value is -4.00. The molecule has 0 atom stereocenters. The summed E-state index contributed by atoms with van der Waals surface area (Å²) in [6.45, 7) is 1.99. The van der Waals surface area contributed by atoms with Crippen molar-refractivity contribution in [2.45, 2.75) is 19.9 Å². The average molecular weight is 433 g/mol. The van der Waals surface area contributed by atoms with E-state index in [0.29, 0.717) is 34.3 Å². The highest BCUT2D eigenvalue weighted by molar-refractivity contribution is 6.05. The zero-order valence-corrected chi connectivity index (χ0v) is 17.4. The van der Waals surface area contributed by atoms with E-state index in [2.05, 4.69) is 10.3 Å². The molecule has 0 radical (unpaired) electrons. The summed E-state index contributed by atoms with van der Waals surface area (Å²) in [7, 11) is 0. The van der Waals surface area contributed by atoms with Crippen LogP contribution in [0.3, 0.4) is 0 Å². The maximum absolute atomic E-state index is 14.4. The number of hydrogen-bond donors (Lipinski definition) is 2. The number of hydrogen-bond acceptors (Lipinski definition) is 2. The van der Waals surface area contributed by atoms with Crippen LogP contribution in [0.5, 0.6) is 0 Å². The molecule has 0 aliphatic heterocycles. The Morgan fingerprint density at radius 3 is 2.72 bits per heavy atom. The average Bonchev–Trinajstić information content (AvgIpc) is 3.08. The highest BCUT2D eigenvalue weighted by atomic mass is 19.1. The summed E-state index contributed by atoms with van der Waals surface area (Å²) in [6, 6.07) is 12.3. The van der Waals surface area contributed by atoms with Crippen molar-refractivity contribution in [2.24, 2.45) is 0 Å². The predicted molar refractivity (Wildman–Crippen MR) is 122 cm³/mol. The molecule has 2 N–H and O–H groups in total. The monoisotopic (exact) mass is 433 g/mol. The number of carbonyl (C=O) groups excluding carboxylic acids is 1. The first kappa shape index (κ1) is 21.2. The number of halogens is 2. The Morgan fingerprint density at radius 2 is 1.97 bits per heavy atom. The van der Waals surface area contributed by atoms with Crippen LogP contribution >= 0.6 is 0 Å². The zero-order chi connectivity index (χ0) is 22.7. The lowest BCUT2D eigenvalue weighted by Crippen LogP contribution is -2.11. The second-order valence-corrected chi connectivity index (χ2v) is 7.31. The molecule has 0 spiro atoms. The van der Waals surface area contributed by atoms with Gasteiger partial charge in [-0.25, -0.2) is 8.78 Å². The van der Waals surface area contributed by atoms with Gasteiger partial charge in [0.05, 0.1) is 17.6 Å². The lowest BCUT2D eigenvalue weighted by molar-refractivity contribution is -0.105. The van der Waals surface area contributed by atoms with Crippen molar-refractivity contribution in [1.29, 1.82) is 0 Å². The van der Waals surface area contributed by atoms with E-state index in [9.17, 15) is 18.4 Å². The fraction of sp³-hybridized carbons (Fsp3) is 0.120. The number of pyridine rings is 1. The van der Waals surface area contributed by atoms with Gasteiger partial charge in [0.15, 0.2) is 0 Å². The van der Waals surface area contributed by atoms with Crippen LogP contribution in [0.25, 0.3) is 28.1 Å². The summed E-state index contributed by atoms with van der Waals surface area (Å²) in [5.74, 6) is -0.798. The van der Waals surface area contributed by atoms with Crippen molar-refractivity contribution in [3.05, 3.63) is 93.9 Å². The number of rotatable bonds is 7. The minimum absolute atomic E-state index is 0.0366. The summed E-state index contributed by atoms with van der Waals surface area (Å²) in [5, 5.41) is 3.38. The highest BCUT2D eigenvalue weighted by Gasteiger charge is 2.21. The fourth-order valence-corrected chi connectivity index (χ4v) is 3.83. The molecule has 7 heteroatoms. The van der Waals surface area contributed by atoms with Gasteiger partial charge in [-0.3, -0.25) is 9.59 Å². The van der Waals surface area contributed by atoms with Crippen molar-refractivity contribution in [3.63, 3.8) is 0 Å². The normalized spacial score (nSPS) is 11.3. The fourth-order valence-electron chi connectivity index (χ4n) is 3.83.